The van der Waals surface area contributed by atoms with E-state index in [1.807, 2.05) is 68.7 Å². The van der Waals surface area contributed by atoms with E-state index in [0.717, 1.165) is 28.2 Å². The summed E-state index contributed by atoms with van der Waals surface area (Å²) < 4.78 is 1.88. The number of thioether (sulfide) groups is 1. The molecule has 0 aliphatic rings. The van der Waals surface area contributed by atoms with Gasteiger partial charge in [0.05, 0.1) is 5.75 Å². The molecule has 0 spiro atoms. The van der Waals surface area contributed by atoms with Crippen LogP contribution in [0.25, 0.3) is 5.69 Å². The number of amides is 3. The van der Waals surface area contributed by atoms with Crippen molar-refractivity contribution in [3.05, 3.63) is 65.0 Å². The molecule has 0 saturated heterocycles. The van der Waals surface area contributed by atoms with Gasteiger partial charge in [-0.25, -0.2) is 4.79 Å². The zero-order chi connectivity index (χ0) is 21.0. The predicted molar refractivity (Wildman–Crippen MR) is 115 cm³/mol. The van der Waals surface area contributed by atoms with Gasteiger partial charge in [-0.3, -0.25) is 14.7 Å². The van der Waals surface area contributed by atoms with Crippen molar-refractivity contribution < 1.29 is 9.59 Å². The average Bonchev–Trinajstić information content (AvgIpc) is 3.04. The molecule has 29 heavy (non-hydrogen) atoms. The number of nitrogens with one attached hydrogen (secondary N) is 2. The fourth-order valence-electron chi connectivity index (χ4n) is 2.70. The zero-order valence-electron chi connectivity index (χ0n) is 16.8. The molecule has 150 valence electrons. The normalized spacial score (nSPS) is 10.6. The lowest BCUT2D eigenvalue weighted by Gasteiger charge is -2.10. The Balaban J connectivity index is 1.59. The number of benzene rings is 2. The fourth-order valence-corrected chi connectivity index (χ4v) is 3.50. The molecule has 0 fully saturated rings. The molecule has 2 aromatic carbocycles. The summed E-state index contributed by atoms with van der Waals surface area (Å²) in [6.07, 6.45) is 0. The molecule has 0 saturated carbocycles. The van der Waals surface area contributed by atoms with Gasteiger partial charge in [0.2, 0.25) is 5.91 Å². The lowest BCUT2D eigenvalue weighted by molar-refractivity contribution is -0.117. The Bertz CT molecular complexity index is 1040. The van der Waals surface area contributed by atoms with E-state index in [9.17, 15) is 9.59 Å². The molecule has 2 N–H and O–H groups in total. The second kappa shape index (κ2) is 8.91. The van der Waals surface area contributed by atoms with E-state index in [4.69, 9.17) is 0 Å². The van der Waals surface area contributed by atoms with Gasteiger partial charge in [0.1, 0.15) is 5.82 Å². The highest BCUT2D eigenvalue weighted by Gasteiger charge is 2.15. The number of carbonyl (C=O) groups is 2. The molecule has 8 heteroatoms. The summed E-state index contributed by atoms with van der Waals surface area (Å²) in [5.74, 6) is 0.362. The first kappa shape index (κ1) is 20.6. The summed E-state index contributed by atoms with van der Waals surface area (Å²) >= 11 is 1.23. The molecule has 0 aliphatic heterocycles. The first-order valence-electron chi connectivity index (χ1n) is 9.13. The SMILES string of the molecule is Cc1ccc(-n2c(C)nnc2SCC(=O)NC(=O)Nc2ccc(C)c(C)c2)cc1. The van der Waals surface area contributed by atoms with Crippen LogP contribution in [0.1, 0.15) is 22.5 Å². The number of nitrogens with zero attached hydrogens (tertiary/aromatic N) is 3. The summed E-state index contributed by atoms with van der Waals surface area (Å²) in [7, 11) is 0. The highest BCUT2D eigenvalue weighted by Crippen LogP contribution is 2.22. The topological polar surface area (TPSA) is 88.9 Å². The molecular weight excluding hydrogens is 386 g/mol. The van der Waals surface area contributed by atoms with E-state index < -0.39 is 11.9 Å². The minimum absolute atomic E-state index is 0.0460. The Morgan fingerprint density at radius 2 is 1.69 bits per heavy atom. The Morgan fingerprint density at radius 3 is 2.38 bits per heavy atom. The van der Waals surface area contributed by atoms with Gasteiger partial charge in [-0.15, -0.1) is 10.2 Å². The summed E-state index contributed by atoms with van der Waals surface area (Å²) in [6.45, 7) is 7.84. The van der Waals surface area contributed by atoms with Crippen LogP contribution in [-0.2, 0) is 4.79 Å². The van der Waals surface area contributed by atoms with E-state index in [1.54, 1.807) is 6.07 Å². The molecule has 3 rings (SSSR count). The number of rotatable bonds is 5. The third kappa shape index (κ3) is 5.23. The van der Waals surface area contributed by atoms with E-state index in [-0.39, 0.29) is 5.75 Å². The molecule has 0 aliphatic carbocycles. The summed E-state index contributed by atoms with van der Waals surface area (Å²) in [5, 5.41) is 13.9. The van der Waals surface area contributed by atoms with Crippen LogP contribution in [0.3, 0.4) is 0 Å². The van der Waals surface area contributed by atoms with Gasteiger partial charge >= 0.3 is 6.03 Å². The molecule has 0 unspecified atom stereocenters. The molecule has 3 amide bonds. The van der Waals surface area contributed by atoms with Crippen molar-refractivity contribution in [2.75, 3.05) is 11.1 Å². The predicted octanol–water partition coefficient (Wildman–Crippen LogP) is 3.94. The molecule has 1 aromatic heterocycles. The first-order valence-corrected chi connectivity index (χ1v) is 10.1. The van der Waals surface area contributed by atoms with Crippen LogP contribution in [0.5, 0.6) is 0 Å². The number of hydrogen-bond acceptors (Lipinski definition) is 5. The average molecular weight is 410 g/mol. The number of anilines is 1. The number of aryl methyl sites for hydroxylation is 4. The van der Waals surface area contributed by atoms with Crippen molar-refractivity contribution >= 4 is 29.4 Å². The van der Waals surface area contributed by atoms with Gasteiger partial charge in [-0.2, -0.15) is 0 Å². The maximum Gasteiger partial charge on any atom is 0.325 e. The molecule has 3 aromatic rings. The van der Waals surface area contributed by atoms with Gasteiger partial charge in [0.15, 0.2) is 5.16 Å². The van der Waals surface area contributed by atoms with Crippen molar-refractivity contribution in [1.82, 2.24) is 20.1 Å². The van der Waals surface area contributed by atoms with Crippen molar-refractivity contribution in [1.29, 1.82) is 0 Å². The summed E-state index contributed by atoms with van der Waals surface area (Å²) in [5.41, 5.74) is 4.92. The third-order valence-electron chi connectivity index (χ3n) is 4.44. The molecular formula is C21H23N5O2S. The highest BCUT2D eigenvalue weighted by molar-refractivity contribution is 7.99. The smallest absolute Gasteiger partial charge is 0.308 e. The Kier molecular flexibility index (Phi) is 6.33. The molecule has 0 bridgehead atoms. The number of urea groups is 1. The van der Waals surface area contributed by atoms with E-state index in [2.05, 4.69) is 20.8 Å². The van der Waals surface area contributed by atoms with Crippen molar-refractivity contribution in [3.8, 4) is 5.69 Å². The highest BCUT2D eigenvalue weighted by atomic mass is 32.2. The molecule has 0 radical (unpaired) electrons. The van der Waals surface area contributed by atoms with Gasteiger partial charge in [-0.05, 0) is 63.1 Å². The van der Waals surface area contributed by atoms with Gasteiger partial charge in [-0.1, -0.05) is 35.5 Å². The van der Waals surface area contributed by atoms with Crippen molar-refractivity contribution in [2.24, 2.45) is 0 Å². The second-order valence-electron chi connectivity index (χ2n) is 6.79. The Hall–Kier alpha value is -3.13. The Labute approximate surface area is 173 Å². The van der Waals surface area contributed by atoms with Gasteiger partial charge in [0.25, 0.3) is 0 Å². The zero-order valence-corrected chi connectivity index (χ0v) is 17.6. The summed E-state index contributed by atoms with van der Waals surface area (Å²) in [4.78, 5) is 24.3. The number of aromatic nitrogens is 3. The van der Waals surface area contributed by atoms with E-state index in [1.165, 1.54) is 11.8 Å². The summed E-state index contributed by atoms with van der Waals surface area (Å²) in [6, 6.07) is 13.0. The lowest BCUT2D eigenvalue weighted by Crippen LogP contribution is -2.35. The van der Waals surface area contributed by atoms with Crippen molar-refractivity contribution in [3.63, 3.8) is 0 Å². The number of imide groups is 1. The number of carbonyl (C=O) groups excluding carboxylic acids is 2. The maximum atomic E-state index is 12.2. The van der Waals surface area contributed by atoms with Crippen LogP contribution in [-0.4, -0.2) is 32.5 Å². The minimum atomic E-state index is -0.560. The standard InChI is InChI=1S/C21H23N5O2S/c1-13-5-9-18(10-6-13)26-16(4)24-25-21(26)29-12-19(27)23-20(28)22-17-8-7-14(2)15(3)11-17/h5-11H,12H2,1-4H3,(H2,22,23,27,28). The van der Waals surface area contributed by atoms with Crippen LogP contribution in [0.15, 0.2) is 47.6 Å². The van der Waals surface area contributed by atoms with Crippen LogP contribution >= 0.6 is 11.8 Å². The van der Waals surface area contributed by atoms with Crippen LogP contribution in [0, 0.1) is 27.7 Å². The number of hydrogen-bond donors (Lipinski definition) is 2. The molecule has 0 atom stereocenters. The molecule has 7 nitrogen and oxygen atoms in total. The molecule has 1 heterocycles. The minimum Gasteiger partial charge on any atom is -0.308 e. The third-order valence-corrected chi connectivity index (χ3v) is 5.37. The van der Waals surface area contributed by atoms with Crippen LogP contribution < -0.4 is 10.6 Å². The van der Waals surface area contributed by atoms with Crippen molar-refractivity contribution in [2.45, 2.75) is 32.9 Å². The van der Waals surface area contributed by atoms with Crippen LogP contribution in [0.4, 0.5) is 10.5 Å². The largest absolute Gasteiger partial charge is 0.325 e. The van der Waals surface area contributed by atoms with E-state index in [0.29, 0.717) is 10.8 Å². The quantitative estimate of drug-likeness (QED) is 0.623. The fraction of sp³-hybridized carbons (Fsp3) is 0.238. The maximum absolute atomic E-state index is 12.2. The Morgan fingerprint density at radius 1 is 0.966 bits per heavy atom. The lowest BCUT2D eigenvalue weighted by atomic mass is 10.1. The van der Waals surface area contributed by atoms with Gasteiger partial charge < -0.3 is 5.32 Å². The first-order chi connectivity index (χ1) is 13.8. The van der Waals surface area contributed by atoms with E-state index >= 15 is 0 Å². The van der Waals surface area contributed by atoms with Crippen LogP contribution in [0.2, 0.25) is 0 Å². The van der Waals surface area contributed by atoms with Gasteiger partial charge in [0, 0.05) is 11.4 Å². The second-order valence-corrected chi connectivity index (χ2v) is 7.73. The monoisotopic (exact) mass is 409 g/mol.